The summed E-state index contributed by atoms with van der Waals surface area (Å²) in [5.74, 6) is 0. The van der Waals surface area contributed by atoms with Crippen molar-refractivity contribution in [3.05, 3.63) is 0 Å². The van der Waals surface area contributed by atoms with Gasteiger partial charge in [0.2, 0.25) is 0 Å². The van der Waals surface area contributed by atoms with E-state index in [4.69, 9.17) is 14.9 Å². The Balaban J connectivity index is 2.90. The maximum Gasteiger partial charge on any atom is 0.413 e. The third-order valence-corrected chi connectivity index (χ3v) is 2.58. The third-order valence-electron chi connectivity index (χ3n) is 2.58. The molecule has 1 rings (SSSR count). The largest absolute Gasteiger partial charge is 0.444 e. The summed E-state index contributed by atoms with van der Waals surface area (Å²) in [6, 6.07) is -0.333. The van der Waals surface area contributed by atoms with Crippen molar-refractivity contribution in [3.8, 4) is 0 Å². The first kappa shape index (κ1) is 14.0. The lowest BCUT2D eigenvalue weighted by molar-refractivity contribution is -0.0605. The third kappa shape index (κ3) is 3.19. The van der Waals surface area contributed by atoms with Gasteiger partial charge in [0.1, 0.15) is 11.3 Å². The number of carbonyl (C=O) groups is 1. The normalized spacial score (nSPS) is 23.6. The second-order valence-corrected chi connectivity index (χ2v) is 5.81. The van der Waals surface area contributed by atoms with Crippen molar-refractivity contribution in [2.45, 2.75) is 58.9 Å². The fourth-order valence-electron chi connectivity index (χ4n) is 1.78. The molecule has 0 saturated carbocycles. The lowest BCUT2D eigenvalue weighted by Gasteiger charge is -2.34. The van der Waals surface area contributed by atoms with E-state index in [1.54, 1.807) is 20.8 Å². The fraction of sp³-hybridized carbons (Fsp3) is 0.833. The van der Waals surface area contributed by atoms with Crippen LogP contribution in [0.1, 0.15) is 41.5 Å². The van der Waals surface area contributed by atoms with Crippen LogP contribution < -0.4 is 0 Å². The first-order chi connectivity index (χ1) is 7.54. The summed E-state index contributed by atoms with van der Waals surface area (Å²) in [5, 5.41) is 7.69. The SMILES string of the molecule is CC(=N)[C@@H]1COC(C)(C)N1C(=O)OC(C)(C)C. The van der Waals surface area contributed by atoms with Crippen LogP contribution >= 0.6 is 0 Å². The molecule has 0 bridgehead atoms. The smallest absolute Gasteiger partial charge is 0.413 e. The molecule has 1 fully saturated rings. The zero-order valence-corrected chi connectivity index (χ0v) is 11.5. The quantitative estimate of drug-likeness (QED) is 0.718. The predicted octanol–water partition coefficient (Wildman–Crippen LogP) is 2.40. The molecule has 0 aromatic rings. The van der Waals surface area contributed by atoms with Crippen molar-refractivity contribution >= 4 is 11.8 Å². The van der Waals surface area contributed by atoms with Gasteiger partial charge in [-0.2, -0.15) is 0 Å². The number of ether oxygens (including phenoxy) is 2. The van der Waals surface area contributed by atoms with Crippen molar-refractivity contribution in [1.82, 2.24) is 4.90 Å². The molecule has 1 aliphatic rings. The van der Waals surface area contributed by atoms with E-state index < -0.39 is 17.4 Å². The Morgan fingerprint density at radius 1 is 1.47 bits per heavy atom. The van der Waals surface area contributed by atoms with E-state index in [9.17, 15) is 4.79 Å². The molecule has 17 heavy (non-hydrogen) atoms. The second-order valence-electron chi connectivity index (χ2n) is 5.81. The van der Waals surface area contributed by atoms with Gasteiger partial charge < -0.3 is 14.9 Å². The Kier molecular flexibility index (Phi) is 3.52. The highest BCUT2D eigenvalue weighted by molar-refractivity contribution is 5.88. The minimum atomic E-state index is -0.727. The molecule has 0 aliphatic carbocycles. The lowest BCUT2D eigenvalue weighted by Crippen LogP contribution is -2.51. The maximum absolute atomic E-state index is 12.1. The van der Waals surface area contributed by atoms with Crippen LogP contribution in [0, 0.1) is 5.41 Å². The Morgan fingerprint density at radius 3 is 2.41 bits per heavy atom. The zero-order chi connectivity index (χ0) is 13.4. The fourth-order valence-corrected chi connectivity index (χ4v) is 1.78. The van der Waals surface area contributed by atoms with Crippen molar-refractivity contribution in [1.29, 1.82) is 5.41 Å². The number of amides is 1. The van der Waals surface area contributed by atoms with Gasteiger partial charge in [-0.05, 0) is 41.5 Å². The van der Waals surface area contributed by atoms with E-state index in [0.717, 1.165) is 0 Å². The molecule has 1 aliphatic heterocycles. The second kappa shape index (κ2) is 4.29. The summed E-state index contributed by atoms with van der Waals surface area (Å²) < 4.78 is 10.9. The van der Waals surface area contributed by atoms with Gasteiger partial charge in [0, 0.05) is 5.71 Å². The minimum absolute atomic E-state index is 0.333. The Morgan fingerprint density at radius 2 is 2.00 bits per heavy atom. The van der Waals surface area contributed by atoms with Crippen molar-refractivity contribution in [2.75, 3.05) is 6.61 Å². The Labute approximate surface area is 103 Å². The highest BCUT2D eigenvalue weighted by atomic mass is 16.6. The highest BCUT2D eigenvalue weighted by Gasteiger charge is 2.46. The molecule has 1 saturated heterocycles. The molecule has 1 amide bonds. The first-order valence-electron chi connectivity index (χ1n) is 5.76. The molecule has 0 aromatic heterocycles. The van der Waals surface area contributed by atoms with Gasteiger partial charge in [-0.3, -0.25) is 4.90 Å². The van der Waals surface area contributed by atoms with Crippen molar-refractivity contribution in [2.24, 2.45) is 0 Å². The maximum atomic E-state index is 12.1. The Bertz CT molecular complexity index is 331. The lowest BCUT2D eigenvalue weighted by atomic mass is 10.1. The summed E-state index contributed by atoms with van der Waals surface area (Å²) in [7, 11) is 0. The van der Waals surface area contributed by atoms with E-state index >= 15 is 0 Å². The topological polar surface area (TPSA) is 62.6 Å². The van der Waals surface area contributed by atoms with Gasteiger partial charge in [0.15, 0.2) is 0 Å². The molecular formula is C12H22N2O3. The van der Waals surface area contributed by atoms with Gasteiger partial charge in [0.25, 0.3) is 0 Å². The monoisotopic (exact) mass is 242 g/mol. The number of hydrogen-bond acceptors (Lipinski definition) is 4. The van der Waals surface area contributed by atoms with Gasteiger partial charge in [0.05, 0.1) is 12.6 Å². The molecule has 5 heteroatoms. The van der Waals surface area contributed by atoms with Gasteiger partial charge in [-0.25, -0.2) is 4.79 Å². The van der Waals surface area contributed by atoms with E-state index in [1.807, 2.05) is 20.8 Å². The Hall–Kier alpha value is -1.10. The number of hydrogen-bond donors (Lipinski definition) is 1. The summed E-state index contributed by atoms with van der Waals surface area (Å²) in [5.41, 5.74) is -0.868. The average Bonchev–Trinajstić information content (AvgIpc) is 2.37. The molecule has 98 valence electrons. The zero-order valence-electron chi connectivity index (χ0n) is 11.5. The van der Waals surface area contributed by atoms with Crippen LogP contribution in [0.2, 0.25) is 0 Å². The van der Waals surface area contributed by atoms with E-state index in [2.05, 4.69) is 0 Å². The molecule has 0 unspecified atom stereocenters. The van der Waals surface area contributed by atoms with E-state index in [-0.39, 0.29) is 6.04 Å². The molecule has 5 nitrogen and oxygen atoms in total. The molecule has 0 aromatic carbocycles. The van der Waals surface area contributed by atoms with E-state index in [1.165, 1.54) is 4.90 Å². The average molecular weight is 242 g/mol. The number of nitrogens with zero attached hydrogens (tertiary/aromatic N) is 1. The highest BCUT2D eigenvalue weighted by Crippen LogP contribution is 2.29. The van der Waals surface area contributed by atoms with Crippen LogP contribution in [-0.4, -0.2) is 40.7 Å². The first-order valence-corrected chi connectivity index (χ1v) is 5.76. The molecule has 1 atom stereocenters. The van der Waals surface area contributed by atoms with Crippen LogP contribution in [0.3, 0.4) is 0 Å². The van der Waals surface area contributed by atoms with Crippen LogP contribution in [0.25, 0.3) is 0 Å². The number of nitrogens with one attached hydrogen (secondary N) is 1. The minimum Gasteiger partial charge on any atom is -0.444 e. The summed E-state index contributed by atoms with van der Waals surface area (Å²) in [6.07, 6.45) is -0.434. The number of carbonyl (C=O) groups excluding carboxylic acids is 1. The van der Waals surface area contributed by atoms with E-state index in [0.29, 0.717) is 12.3 Å². The molecule has 0 spiro atoms. The van der Waals surface area contributed by atoms with Crippen LogP contribution in [-0.2, 0) is 9.47 Å². The van der Waals surface area contributed by atoms with Crippen LogP contribution in [0.15, 0.2) is 0 Å². The van der Waals surface area contributed by atoms with Crippen molar-refractivity contribution < 1.29 is 14.3 Å². The predicted molar refractivity (Wildman–Crippen MR) is 65.3 cm³/mol. The molecular weight excluding hydrogens is 220 g/mol. The summed E-state index contributed by atoms with van der Waals surface area (Å²) in [4.78, 5) is 13.6. The van der Waals surface area contributed by atoms with Gasteiger partial charge in [-0.1, -0.05) is 0 Å². The molecule has 1 heterocycles. The summed E-state index contributed by atoms with van der Waals surface area (Å²) >= 11 is 0. The molecule has 1 N–H and O–H groups in total. The van der Waals surface area contributed by atoms with Gasteiger partial charge >= 0.3 is 6.09 Å². The standard InChI is InChI=1S/C12H22N2O3/c1-8(13)9-7-16-12(5,6)14(9)10(15)17-11(2,3)4/h9,13H,7H2,1-6H3/t9-/m0/s1. The van der Waals surface area contributed by atoms with Crippen LogP contribution in [0.5, 0.6) is 0 Å². The van der Waals surface area contributed by atoms with Crippen molar-refractivity contribution in [3.63, 3.8) is 0 Å². The number of rotatable bonds is 1. The van der Waals surface area contributed by atoms with Gasteiger partial charge in [-0.15, -0.1) is 0 Å². The summed E-state index contributed by atoms with van der Waals surface area (Å²) in [6.45, 7) is 11.1. The van der Waals surface area contributed by atoms with Crippen LogP contribution in [0.4, 0.5) is 4.79 Å². The molecule has 0 radical (unpaired) electrons.